The molecule has 0 atom stereocenters. The van der Waals surface area contributed by atoms with Gasteiger partial charge in [-0.05, 0) is 18.9 Å². The predicted octanol–water partition coefficient (Wildman–Crippen LogP) is 2.55. The van der Waals surface area contributed by atoms with E-state index in [0.29, 0.717) is 6.54 Å². The Morgan fingerprint density at radius 3 is 2.44 bits per heavy atom. The van der Waals surface area contributed by atoms with Gasteiger partial charge in [-0.3, -0.25) is 0 Å². The molecule has 16 heavy (non-hydrogen) atoms. The van der Waals surface area contributed by atoms with Gasteiger partial charge in [0.25, 0.3) is 0 Å². The maximum atomic E-state index is 5.50. The Morgan fingerprint density at radius 2 is 1.75 bits per heavy atom. The molecule has 1 fully saturated rings. The fourth-order valence-electron chi connectivity index (χ4n) is 2.42. The van der Waals surface area contributed by atoms with Crippen LogP contribution in [-0.4, -0.2) is 16.7 Å². The first-order valence-electron chi connectivity index (χ1n) is 6.40. The Balaban J connectivity index is 1.75. The van der Waals surface area contributed by atoms with Crippen LogP contribution in [0.3, 0.4) is 0 Å². The molecule has 0 spiro atoms. The summed E-state index contributed by atoms with van der Waals surface area (Å²) in [6.45, 7) is 0.678. The molecule has 0 aliphatic heterocycles. The molecule has 1 aliphatic rings. The van der Waals surface area contributed by atoms with Crippen molar-refractivity contribution in [3.63, 3.8) is 0 Å². The van der Waals surface area contributed by atoms with Gasteiger partial charge in [0.15, 0.2) is 0 Å². The quantitative estimate of drug-likeness (QED) is 0.859. The Labute approximate surface area is 101 Å². The number of aryl methyl sites for hydroxylation is 1. The van der Waals surface area contributed by atoms with E-state index in [1.54, 1.807) is 11.3 Å². The third kappa shape index (κ3) is 3.52. The average Bonchev–Trinajstić information content (AvgIpc) is 2.76. The SMILES string of the molecule is NCCc1nnc(CCC2CCCCC2)s1. The predicted molar refractivity (Wildman–Crippen MR) is 67.6 cm³/mol. The molecule has 0 radical (unpaired) electrons. The minimum Gasteiger partial charge on any atom is -0.330 e. The van der Waals surface area contributed by atoms with Crippen molar-refractivity contribution in [3.05, 3.63) is 10.0 Å². The lowest BCUT2D eigenvalue weighted by molar-refractivity contribution is 0.339. The summed E-state index contributed by atoms with van der Waals surface area (Å²) in [5, 5.41) is 10.7. The van der Waals surface area contributed by atoms with Gasteiger partial charge in [-0.2, -0.15) is 0 Å². The molecule has 1 aromatic heterocycles. The van der Waals surface area contributed by atoms with Crippen LogP contribution < -0.4 is 5.73 Å². The second-order valence-electron chi connectivity index (χ2n) is 4.67. The molecule has 4 heteroatoms. The lowest BCUT2D eigenvalue weighted by Gasteiger charge is -2.20. The molecule has 1 heterocycles. The molecule has 1 aromatic rings. The summed E-state index contributed by atoms with van der Waals surface area (Å²) >= 11 is 1.74. The summed E-state index contributed by atoms with van der Waals surface area (Å²) in [4.78, 5) is 0. The van der Waals surface area contributed by atoms with Gasteiger partial charge in [0.2, 0.25) is 0 Å². The van der Waals surface area contributed by atoms with Crippen LogP contribution in [0.2, 0.25) is 0 Å². The summed E-state index contributed by atoms with van der Waals surface area (Å²) in [6.07, 6.45) is 10.4. The second kappa shape index (κ2) is 6.30. The van der Waals surface area contributed by atoms with E-state index >= 15 is 0 Å². The topological polar surface area (TPSA) is 51.8 Å². The van der Waals surface area contributed by atoms with Crippen LogP contribution in [0.1, 0.15) is 48.5 Å². The first-order valence-corrected chi connectivity index (χ1v) is 7.21. The molecule has 0 saturated heterocycles. The summed E-state index contributed by atoms with van der Waals surface area (Å²) in [7, 11) is 0. The van der Waals surface area contributed by atoms with E-state index in [1.807, 2.05) is 0 Å². The number of rotatable bonds is 5. The summed E-state index contributed by atoms with van der Waals surface area (Å²) in [5.74, 6) is 0.940. The molecule has 2 rings (SSSR count). The van der Waals surface area contributed by atoms with Crippen LogP contribution >= 0.6 is 11.3 Å². The third-order valence-electron chi connectivity index (χ3n) is 3.36. The van der Waals surface area contributed by atoms with Crippen LogP contribution in [0.25, 0.3) is 0 Å². The summed E-state index contributed by atoms with van der Waals surface area (Å²) < 4.78 is 0. The minimum atomic E-state index is 0.678. The maximum absolute atomic E-state index is 5.50. The van der Waals surface area contributed by atoms with E-state index in [2.05, 4.69) is 10.2 Å². The molecule has 90 valence electrons. The van der Waals surface area contributed by atoms with Crippen LogP contribution in [-0.2, 0) is 12.8 Å². The number of nitrogens with zero attached hydrogens (tertiary/aromatic N) is 2. The highest BCUT2D eigenvalue weighted by Gasteiger charge is 2.14. The largest absolute Gasteiger partial charge is 0.330 e. The fourth-order valence-corrected chi connectivity index (χ4v) is 3.29. The smallest absolute Gasteiger partial charge is 0.118 e. The van der Waals surface area contributed by atoms with Crippen LogP contribution in [0.15, 0.2) is 0 Å². The standard InChI is InChI=1S/C12H21N3S/c13-9-8-12-15-14-11(16-12)7-6-10-4-2-1-3-5-10/h10H,1-9,13H2. The number of aromatic nitrogens is 2. The molecule has 1 aliphatic carbocycles. The van der Waals surface area contributed by atoms with Gasteiger partial charge in [0.05, 0.1) is 0 Å². The van der Waals surface area contributed by atoms with Crippen LogP contribution in [0, 0.1) is 5.92 Å². The molecule has 3 nitrogen and oxygen atoms in total. The van der Waals surface area contributed by atoms with Crippen molar-refractivity contribution in [2.75, 3.05) is 6.54 Å². The number of nitrogens with two attached hydrogens (primary N) is 1. The lowest BCUT2D eigenvalue weighted by Crippen LogP contribution is -2.07. The number of hydrogen-bond acceptors (Lipinski definition) is 4. The van der Waals surface area contributed by atoms with Crippen LogP contribution in [0.4, 0.5) is 0 Å². The normalized spacial score (nSPS) is 17.8. The van der Waals surface area contributed by atoms with Crippen molar-refractivity contribution in [1.82, 2.24) is 10.2 Å². The lowest BCUT2D eigenvalue weighted by atomic mass is 9.86. The van der Waals surface area contributed by atoms with Crippen molar-refractivity contribution < 1.29 is 0 Å². The molecule has 0 bridgehead atoms. The highest BCUT2D eigenvalue weighted by molar-refractivity contribution is 7.11. The Hall–Kier alpha value is -0.480. The van der Waals surface area contributed by atoms with E-state index in [4.69, 9.17) is 5.73 Å². The molecular formula is C12H21N3S. The first-order chi connectivity index (χ1) is 7.88. The van der Waals surface area contributed by atoms with Crippen molar-refractivity contribution >= 4 is 11.3 Å². The zero-order valence-corrected chi connectivity index (χ0v) is 10.6. The van der Waals surface area contributed by atoms with E-state index in [1.165, 1.54) is 43.5 Å². The molecule has 2 N–H and O–H groups in total. The average molecular weight is 239 g/mol. The maximum Gasteiger partial charge on any atom is 0.118 e. The first kappa shape index (κ1) is 12.0. The van der Waals surface area contributed by atoms with Crippen molar-refractivity contribution in [2.45, 2.75) is 51.4 Å². The Bertz CT molecular complexity index is 305. The molecule has 0 unspecified atom stereocenters. The summed E-state index contributed by atoms with van der Waals surface area (Å²) in [5.41, 5.74) is 5.50. The van der Waals surface area contributed by atoms with Gasteiger partial charge in [0.1, 0.15) is 10.0 Å². The molecule has 0 amide bonds. The number of hydrogen-bond donors (Lipinski definition) is 1. The molecule has 1 saturated carbocycles. The monoisotopic (exact) mass is 239 g/mol. The van der Waals surface area contributed by atoms with Gasteiger partial charge in [-0.25, -0.2) is 0 Å². The van der Waals surface area contributed by atoms with Gasteiger partial charge in [-0.15, -0.1) is 21.5 Å². The Kier molecular flexibility index (Phi) is 4.72. The van der Waals surface area contributed by atoms with Gasteiger partial charge < -0.3 is 5.73 Å². The van der Waals surface area contributed by atoms with Gasteiger partial charge in [-0.1, -0.05) is 32.1 Å². The second-order valence-corrected chi connectivity index (χ2v) is 5.82. The third-order valence-corrected chi connectivity index (χ3v) is 4.40. The zero-order valence-electron chi connectivity index (χ0n) is 9.82. The van der Waals surface area contributed by atoms with Crippen molar-refractivity contribution in [2.24, 2.45) is 11.7 Å². The van der Waals surface area contributed by atoms with E-state index < -0.39 is 0 Å². The minimum absolute atomic E-state index is 0.678. The summed E-state index contributed by atoms with van der Waals surface area (Å²) in [6, 6.07) is 0. The van der Waals surface area contributed by atoms with E-state index in [0.717, 1.165) is 23.8 Å². The zero-order chi connectivity index (χ0) is 11.2. The molecular weight excluding hydrogens is 218 g/mol. The highest BCUT2D eigenvalue weighted by Crippen LogP contribution is 2.27. The van der Waals surface area contributed by atoms with Crippen molar-refractivity contribution in [3.8, 4) is 0 Å². The Morgan fingerprint density at radius 1 is 1.06 bits per heavy atom. The highest BCUT2D eigenvalue weighted by atomic mass is 32.1. The van der Waals surface area contributed by atoms with Crippen LogP contribution in [0.5, 0.6) is 0 Å². The van der Waals surface area contributed by atoms with Gasteiger partial charge in [0, 0.05) is 12.8 Å². The van der Waals surface area contributed by atoms with Crippen molar-refractivity contribution in [1.29, 1.82) is 0 Å². The van der Waals surface area contributed by atoms with Gasteiger partial charge >= 0.3 is 0 Å². The molecule has 0 aromatic carbocycles. The van der Waals surface area contributed by atoms with E-state index in [-0.39, 0.29) is 0 Å². The fraction of sp³-hybridized carbons (Fsp3) is 0.833. The van der Waals surface area contributed by atoms with E-state index in [9.17, 15) is 0 Å².